The summed E-state index contributed by atoms with van der Waals surface area (Å²) in [5, 5.41) is 12.0. The van der Waals surface area contributed by atoms with E-state index in [2.05, 4.69) is 15.3 Å². The predicted octanol–water partition coefficient (Wildman–Crippen LogP) is 2.64. The Hall–Kier alpha value is -3.75. The van der Waals surface area contributed by atoms with Gasteiger partial charge in [0, 0.05) is 25.7 Å². The summed E-state index contributed by atoms with van der Waals surface area (Å²) in [4.78, 5) is 34.6. The van der Waals surface area contributed by atoms with Gasteiger partial charge in [-0.1, -0.05) is 12.1 Å². The number of aromatic nitrogens is 2. The molecule has 0 radical (unpaired) electrons. The zero-order chi connectivity index (χ0) is 22.5. The fourth-order valence-corrected chi connectivity index (χ4v) is 3.77. The molecule has 3 heterocycles. The van der Waals surface area contributed by atoms with Crippen LogP contribution in [0.1, 0.15) is 46.3 Å². The van der Waals surface area contributed by atoms with Crippen molar-refractivity contribution >= 4 is 11.8 Å². The van der Waals surface area contributed by atoms with Crippen LogP contribution >= 0.6 is 0 Å². The molecule has 2 aromatic heterocycles. The van der Waals surface area contributed by atoms with Gasteiger partial charge in [-0.05, 0) is 36.6 Å². The van der Waals surface area contributed by atoms with Gasteiger partial charge in [-0.2, -0.15) is 0 Å². The van der Waals surface area contributed by atoms with Crippen molar-refractivity contribution in [2.75, 3.05) is 19.6 Å². The second-order valence-corrected chi connectivity index (χ2v) is 7.76. The molecule has 0 spiro atoms. The summed E-state index contributed by atoms with van der Waals surface area (Å²) in [5.74, 6) is 0.0547. The van der Waals surface area contributed by atoms with Crippen molar-refractivity contribution in [2.24, 2.45) is 0 Å². The van der Waals surface area contributed by atoms with E-state index in [1.54, 1.807) is 17.2 Å². The Morgan fingerprint density at radius 2 is 2.12 bits per heavy atom. The molecule has 0 unspecified atom stereocenters. The van der Waals surface area contributed by atoms with Crippen LogP contribution in [-0.4, -0.2) is 51.4 Å². The van der Waals surface area contributed by atoms with Crippen LogP contribution in [0.4, 0.5) is 4.39 Å². The van der Waals surface area contributed by atoms with Crippen molar-refractivity contribution in [3.8, 4) is 5.75 Å². The molecule has 0 bridgehead atoms. The lowest BCUT2D eigenvalue weighted by atomic mass is 9.98. The molecule has 4 rings (SSSR count). The van der Waals surface area contributed by atoms with E-state index in [9.17, 15) is 19.1 Å². The summed E-state index contributed by atoms with van der Waals surface area (Å²) in [5.41, 5.74) is 0.978. The van der Waals surface area contributed by atoms with Gasteiger partial charge >= 0.3 is 0 Å². The third-order valence-electron chi connectivity index (χ3n) is 5.35. The lowest BCUT2D eigenvalue weighted by molar-refractivity contribution is -0.131. The number of carbonyl (C=O) groups is 2. The van der Waals surface area contributed by atoms with E-state index in [-0.39, 0.29) is 35.5 Å². The maximum Gasteiger partial charge on any atom is 0.253 e. The minimum atomic E-state index is -0.481. The topological polar surface area (TPSA) is 109 Å². The highest BCUT2D eigenvalue weighted by Crippen LogP contribution is 2.27. The molecule has 3 aromatic rings. The lowest BCUT2D eigenvalue weighted by Gasteiger charge is -2.31. The second kappa shape index (κ2) is 9.59. The first-order valence-electron chi connectivity index (χ1n) is 10.4. The Labute approximate surface area is 184 Å². The first-order valence-corrected chi connectivity index (χ1v) is 10.4. The number of likely N-dealkylation sites (tertiary alicyclic amines) is 1. The fraction of sp³-hybridized carbons (Fsp3) is 0.304. The maximum atomic E-state index is 13.4. The molecular formula is C23H23FN4O4. The van der Waals surface area contributed by atoms with E-state index < -0.39 is 5.91 Å². The number of nitrogens with one attached hydrogen (secondary N) is 1. The van der Waals surface area contributed by atoms with Crippen LogP contribution in [0.2, 0.25) is 0 Å². The maximum absolute atomic E-state index is 13.4. The minimum Gasteiger partial charge on any atom is -0.506 e. The number of oxazole rings is 1. The largest absolute Gasteiger partial charge is 0.506 e. The van der Waals surface area contributed by atoms with Gasteiger partial charge in [-0.3, -0.25) is 14.6 Å². The Morgan fingerprint density at radius 1 is 1.25 bits per heavy atom. The smallest absolute Gasteiger partial charge is 0.253 e. The van der Waals surface area contributed by atoms with Gasteiger partial charge in [0.2, 0.25) is 5.91 Å². The number of pyridine rings is 1. The molecule has 1 saturated heterocycles. The lowest BCUT2D eigenvalue weighted by Crippen LogP contribution is -2.44. The van der Waals surface area contributed by atoms with Crippen molar-refractivity contribution < 1.29 is 23.5 Å². The third kappa shape index (κ3) is 5.29. The number of amides is 2. The number of hydrogen-bond acceptors (Lipinski definition) is 6. The van der Waals surface area contributed by atoms with Crippen molar-refractivity contribution in [1.29, 1.82) is 0 Å². The van der Waals surface area contributed by atoms with Crippen molar-refractivity contribution in [1.82, 2.24) is 20.2 Å². The molecule has 9 heteroatoms. The molecule has 8 nitrogen and oxygen atoms in total. The molecule has 166 valence electrons. The van der Waals surface area contributed by atoms with Crippen molar-refractivity contribution in [2.45, 2.75) is 25.2 Å². The number of carbonyl (C=O) groups excluding carboxylic acids is 2. The summed E-state index contributed by atoms with van der Waals surface area (Å²) in [6.07, 6.45) is 6.26. The van der Waals surface area contributed by atoms with Crippen LogP contribution in [0.5, 0.6) is 5.75 Å². The summed E-state index contributed by atoms with van der Waals surface area (Å²) < 4.78 is 19.3. The zero-order valence-corrected chi connectivity index (χ0v) is 17.3. The van der Waals surface area contributed by atoms with Crippen molar-refractivity contribution in [3.05, 3.63) is 77.5 Å². The number of nitrogens with zero attached hydrogens (tertiary/aromatic N) is 3. The Morgan fingerprint density at radius 3 is 2.94 bits per heavy atom. The van der Waals surface area contributed by atoms with Gasteiger partial charge in [-0.15, -0.1) is 0 Å². The average molecular weight is 438 g/mol. The van der Waals surface area contributed by atoms with Crippen molar-refractivity contribution in [3.63, 3.8) is 0 Å². The van der Waals surface area contributed by atoms with E-state index in [1.165, 1.54) is 30.6 Å². The number of piperidine rings is 1. The van der Waals surface area contributed by atoms with Crippen LogP contribution < -0.4 is 5.32 Å². The van der Waals surface area contributed by atoms with Gasteiger partial charge in [0.05, 0.1) is 30.4 Å². The number of aromatic hydroxyl groups is 1. The summed E-state index contributed by atoms with van der Waals surface area (Å²) >= 11 is 0. The number of halogens is 1. The van der Waals surface area contributed by atoms with Gasteiger partial charge in [-0.25, -0.2) is 9.37 Å². The SMILES string of the molecule is O=C(NCC(=O)N1CCC[C@@H](c2ncc(Cc3cccc(F)c3)o2)C1)c1cncc(O)c1. The normalized spacial score (nSPS) is 16.0. The Kier molecular flexibility index (Phi) is 6.44. The van der Waals surface area contributed by atoms with E-state index >= 15 is 0 Å². The highest BCUT2D eigenvalue weighted by molar-refractivity contribution is 5.96. The molecule has 0 saturated carbocycles. The first-order chi connectivity index (χ1) is 15.5. The molecule has 1 aliphatic rings. The highest BCUT2D eigenvalue weighted by atomic mass is 19.1. The standard InChI is InChI=1S/C23H23FN4O4/c24-18-5-1-3-15(7-18)8-20-12-27-23(32-20)16-4-2-6-28(14-16)21(30)13-26-22(31)17-9-19(29)11-25-10-17/h1,3,5,7,9-12,16,29H,2,4,6,8,13-14H2,(H,26,31)/t16-/m1/s1. The average Bonchev–Trinajstić information content (AvgIpc) is 3.26. The zero-order valence-electron chi connectivity index (χ0n) is 17.3. The number of benzene rings is 1. The van der Waals surface area contributed by atoms with E-state index in [0.29, 0.717) is 31.2 Å². The van der Waals surface area contributed by atoms with E-state index in [0.717, 1.165) is 18.4 Å². The van der Waals surface area contributed by atoms with Gasteiger partial charge in [0.25, 0.3) is 5.91 Å². The Bertz CT molecular complexity index is 1120. The molecule has 2 amide bonds. The van der Waals surface area contributed by atoms with Crippen LogP contribution in [0.15, 0.2) is 53.3 Å². The first kappa shape index (κ1) is 21.5. The quantitative estimate of drug-likeness (QED) is 0.613. The minimum absolute atomic E-state index is 0.0417. The van der Waals surface area contributed by atoms with Gasteiger partial charge < -0.3 is 19.7 Å². The van der Waals surface area contributed by atoms with E-state index in [1.807, 2.05) is 6.07 Å². The molecule has 1 aromatic carbocycles. The number of rotatable bonds is 6. The molecule has 1 fully saturated rings. The number of hydrogen-bond donors (Lipinski definition) is 2. The molecule has 0 aliphatic carbocycles. The summed E-state index contributed by atoms with van der Waals surface area (Å²) in [6, 6.07) is 7.62. The molecule has 2 N–H and O–H groups in total. The summed E-state index contributed by atoms with van der Waals surface area (Å²) in [6.45, 7) is 0.885. The fourth-order valence-electron chi connectivity index (χ4n) is 3.77. The molecular weight excluding hydrogens is 415 g/mol. The van der Waals surface area contributed by atoms with E-state index in [4.69, 9.17) is 4.42 Å². The third-order valence-corrected chi connectivity index (χ3v) is 5.35. The monoisotopic (exact) mass is 438 g/mol. The van der Waals surface area contributed by atoms with Gasteiger partial charge in [0.1, 0.15) is 17.3 Å². The summed E-state index contributed by atoms with van der Waals surface area (Å²) in [7, 11) is 0. The van der Waals surface area contributed by atoms with Crippen LogP contribution in [0.25, 0.3) is 0 Å². The predicted molar refractivity (Wildman–Crippen MR) is 112 cm³/mol. The van der Waals surface area contributed by atoms with Crippen LogP contribution in [0.3, 0.4) is 0 Å². The highest BCUT2D eigenvalue weighted by Gasteiger charge is 2.28. The van der Waals surface area contributed by atoms with Crippen LogP contribution in [0, 0.1) is 5.82 Å². The Balaban J connectivity index is 1.32. The molecule has 1 aliphatic heterocycles. The second-order valence-electron chi connectivity index (χ2n) is 7.76. The van der Waals surface area contributed by atoms with Gasteiger partial charge in [0.15, 0.2) is 5.89 Å². The molecule has 32 heavy (non-hydrogen) atoms. The van der Waals surface area contributed by atoms with Crippen LogP contribution in [-0.2, 0) is 11.2 Å². The molecule has 1 atom stereocenters.